The molecule has 0 saturated heterocycles. The smallest absolute Gasteiger partial charge is 0.129 e. The molecule has 1 aromatic heterocycles. The number of aryl methyl sites for hydroxylation is 1. The summed E-state index contributed by atoms with van der Waals surface area (Å²) in [5.41, 5.74) is 2.20. The summed E-state index contributed by atoms with van der Waals surface area (Å²) in [6, 6.07) is 6.02. The first kappa shape index (κ1) is 13.6. The van der Waals surface area contributed by atoms with Crippen molar-refractivity contribution in [1.82, 2.24) is 4.98 Å². The lowest BCUT2D eigenvalue weighted by Crippen LogP contribution is -2.04. The second-order valence-electron chi connectivity index (χ2n) is 4.24. The number of fused-ring (bicyclic) bond motifs is 1. The molecule has 0 bridgehead atoms. The molecule has 1 N–H and O–H groups in total. The van der Waals surface area contributed by atoms with Gasteiger partial charge in [-0.1, -0.05) is 24.9 Å². The lowest BCUT2D eigenvalue weighted by Gasteiger charge is -2.12. The van der Waals surface area contributed by atoms with Gasteiger partial charge in [0.1, 0.15) is 5.82 Å². The van der Waals surface area contributed by atoms with Crippen LogP contribution in [-0.2, 0) is 6.42 Å². The van der Waals surface area contributed by atoms with Crippen molar-refractivity contribution in [2.45, 2.75) is 26.7 Å². The van der Waals surface area contributed by atoms with Gasteiger partial charge >= 0.3 is 0 Å². The van der Waals surface area contributed by atoms with Crippen molar-refractivity contribution in [3.63, 3.8) is 0 Å². The molecule has 0 radical (unpaired) electrons. The Morgan fingerprint density at radius 1 is 1.28 bits per heavy atom. The number of anilines is 1. The van der Waals surface area contributed by atoms with E-state index < -0.39 is 0 Å². The van der Waals surface area contributed by atoms with Gasteiger partial charge in [-0.2, -0.15) is 0 Å². The van der Waals surface area contributed by atoms with Crippen molar-refractivity contribution < 1.29 is 0 Å². The molecule has 0 amide bonds. The largest absolute Gasteiger partial charge is 0.370 e. The third kappa shape index (κ3) is 2.78. The Morgan fingerprint density at radius 2 is 2.06 bits per heavy atom. The standard InChI is InChI=1S/C14H16BrClN2/c1-3-5-9-6-10-7-11(16)8-12(15)13(10)18-14(9)17-4-2/h6-8H,3-5H2,1-2H3,(H,17,18). The number of nitrogens with one attached hydrogen (secondary N) is 1. The van der Waals surface area contributed by atoms with E-state index in [1.165, 1.54) is 5.56 Å². The molecule has 18 heavy (non-hydrogen) atoms. The number of hydrogen-bond donors (Lipinski definition) is 1. The lowest BCUT2D eigenvalue weighted by atomic mass is 10.1. The minimum absolute atomic E-state index is 0.731. The topological polar surface area (TPSA) is 24.9 Å². The second-order valence-corrected chi connectivity index (χ2v) is 5.53. The van der Waals surface area contributed by atoms with Crippen LogP contribution < -0.4 is 5.32 Å². The zero-order valence-corrected chi connectivity index (χ0v) is 12.9. The lowest BCUT2D eigenvalue weighted by molar-refractivity contribution is 0.916. The first-order valence-electron chi connectivity index (χ1n) is 6.18. The number of rotatable bonds is 4. The second kappa shape index (κ2) is 5.89. The normalized spacial score (nSPS) is 10.9. The quantitative estimate of drug-likeness (QED) is 0.851. The number of hydrogen-bond acceptors (Lipinski definition) is 2. The Bertz CT molecular complexity index is 569. The van der Waals surface area contributed by atoms with E-state index >= 15 is 0 Å². The van der Waals surface area contributed by atoms with Crippen LogP contribution in [0.4, 0.5) is 5.82 Å². The first-order valence-corrected chi connectivity index (χ1v) is 7.35. The van der Waals surface area contributed by atoms with Crippen LogP contribution in [0.15, 0.2) is 22.7 Å². The summed E-state index contributed by atoms with van der Waals surface area (Å²) in [7, 11) is 0. The zero-order chi connectivity index (χ0) is 13.1. The van der Waals surface area contributed by atoms with E-state index in [1.54, 1.807) is 0 Å². The van der Waals surface area contributed by atoms with E-state index in [0.29, 0.717) is 0 Å². The molecular weight excluding hydrogens is 312 g/mol. The predicted octanol–water partition coefficient (Wildman–Crippen LogP) is 5.04. The average molecular weight is 328 g/mol. The summed E-state index contributed by atoms with van der Waals surface area (Å²) >= 11 is 9.60. The van der Waals surface area contributed by atoms with Crippen molar-refractivity contribution in [2.24, 2.45) is 0 Å². The molecule has 0 spiro atoms. The van der Waals surface area contributed by atoms with Crippen molar-refractivity contribution in [1.29, 1.82) is 0 Å². The van der Waals surface area contributed by atoms with Gasteiger partial charge in [0.2, 0.25) is 0 Å². The Hall–Kier alpha value is -0.800. The average Bonchev–Trinajstić information content (AvgIpc) is 2.31. The zero-order valence-electron chi connectivity index (χ0n) is 10.6. The molecule has 0 fully saturated rings. The predicted molar refractivity (Wildman–Crippen MR) is 82.6 cm³/mol. The highest BCUT2D eigenvalue weighted by atomic mass is 79.9. The Balaban J connectivity index is 2.63. The van der Waals surface area contributed by atoms with E-state index in [-0.39, 0.29) is 0 Å². The van der Waals surface area contributed by atoms with Gasteiger partial charge in [0.05, 0.1) is 5.52 Å². The Morgan fingerprint density at radius 3 is 2.72 bits per heavy atom. The maximum Gasteiger partial charge on any atom is 0.129 e. The van der Waals surface area contributed by atoms with E-state index in [0.717, 1.165) is 45.6 Å². The Kier molecular flexibility index (Phi) is 4.46. The molecule has 2 nitrogen and oxygen atoms in total. The van der Waals surface area contributed by atoms with Crippen molar-refractivity contribution in [3.8, 4) is 0 Å². The summed E-state index contributed by atoms with van der Waals surface area (Å²) in [6.45, 7) is 5.13. The molecule has 4 heteroatoms. The van der Waals surface area contributed by atoms with Gasteiger partial charge in [-0.25, -0.2) is 4.98 Å². The van der Waals surface area contributed by atoms with Gasteiger partial charge in [0.25, 0.3) is 0 Å². The van der Waals surface area contributed by atoms with Crippen LogP contribution in [0, 0.1) is 0 Å². The SMILES string of the molecule is CCCc1cc2cc(Cl)cc(Br)c2nc1NCC. The molecule has 0 aliphatic heterocycles. The Labute approximate surface area is 121 Å². The maximum atomic E-state index is 6.08. The molecular formula is C14H16BrClN2. The highest BCUT2D eigenvalue weighted by Crippen LogP contribution is 2.30. The number of pyridine rings is 1. The first-order chi connectivity index (χ1) is 8.65. The minimum atomic E-state index is 0.731. The molecule has 2 rings (SSSR count). The van der Waals surface area contributed by atoms with Gasteiger partial charge in [-0.15, -0.1) is 0 Å². The summed E-state index contributed by atoms with van der Waals surface area (Å²) in [5.74, 6) is 0.981. The van der Waals surface area contributed by atoms with Crippen LogP contribution in [0.1, 0.15) is 25.8 Å². The number of benzene rings is 1. The fraction of sp³-hybridized carbons (Fsp3) is 0.357. The van der Waals surface area contributed by atoms with Crippen molar-refractivity contribution >= 4 is 44.3 Å². The number of nitrogens with zero attached hydrogens (tertiary/aromatic N) is 1. The third-order valence-electron chi connectivity index (χ3n) is 2.78. The molecule has 0 aliphatic carbocycles. The van der Waals surface area contributed by atoms with E-state index in [4.69, 9.17) is 16.6 Å². The van der Waals surface area contributed by atoms with E-state index in [9.17, 15) is 0 Å². The monoisotopic (exact) mass is 326 g/mol. The molecule has 0 atom stereocenters. The summed E-state index contributed by atoms with van der Waals surface area (Å²) in [5, 5.41) is 5.14. The third-order valence-corrected chi connectivity index (χ3v) is 3.60. The fourth-order valence-corrected chi connectivity index (χ4v) is 2.96. The van der Waals surface area contributed by atoms with Crippen LogP contribution >= 0.6 is 27.5 Å². The van der Waals surface area contributed by atoms with Gasteiger partial charge in [-0.05, 0) is 53.0 Å². The van der Waals surface area contributed by atoms with Gasteiger partial charge < -0.3 is 5.32 Å². The number of halogens is 2. The molecule has 0 saturated carbocycles. The van der Waals surface area contributed by atoms with Crippen molar-refractivity contribution in [2.75, 3.05) is 11.9 Å². The fourth-order valence-electron chi connectivity index (χ4n) is 2.03. The molecule has 0 aliphatic rings. The van der Waals surface area contributed by atoms with Crippen LogP contribution in [0.5, 0.6) is 0 Å². The molecule has 2 aromatic rings. The molecule has 0 unspecified atom stereocenters. The molecule has 1 heterocycles. The van der Waals surface area contributed by atoms with Crippen molar-refractivity contribution in [3.05, 3.63) is 33.3 Å². The molecule has 96 valence electrons. The van der Waals surface area contributed by atoms with Gasteiger partial charge in [-0.3, -0.25) is 0 Å². The highest BCUT2D eigenvalue weighted by molar-refractivity contribution is 9.10. The van der Waals surface area contributed by atoms with Crippen LogP contribution in [0.25, 0.3) is 10.9 Å². The van der Waals surface area contributed by atoms with E-state index in [1.807, 2.05) is 12.1 Å². The minimum Gasteiger partial charge on any atom is -0.370 e. The highest BCUT2D eigenvalue weighted by Gasteiger charge is 2.09. The van der Waals surface area contributed by atoms with E-state index in [2.05, 4.69) is 41.2 Å². The van der Waals surface area contributed by atoms with Crippen LogP contribution in [0.2, 0.25) is 5.02 Å². The maximum absolute atomic E-state index is 6.08. The van der Waals surface area contributed by atoms with Crippen LogP contribution in [-0.4, -0.2) is 11.5 Å². The summed E-state index contributed by atoms with van der Waals surface area (Å²) in [4.78, 5) is 4.71. The van der Waals surface area contributed by atoms with Crippen LogP contribution in [0.3, 0.4) is 0 Å². The summed E-state index contributed by atoms with van der Waals surface area (Å²) in [6.07, 6.45) is 2.13. The summed E-state index contributed by atoms with van der Waals surface area (Å²) < 4.78 is 0.937. The number of aromatic nitrogens is 1. The van der Waals surface area contributed by atoms with Gasteiger partial charge in [0, 0.05) is 21.4 Å². The van der Waals surface area contributed by atoms with Gasteiger partial charge in [0.15, 0.2) is 0 Å². The molecule has 1 aromatic carbocycles.